The van der Waals surface area contributed by atoms with Crippen LogP contribution in [0.2, 0.25) is 0 Å². The molecule has 0 atom stereocenters. The van der Waals surface area contributed by atoms with Crippen LogP contribution in [0.1, 0.15) is 11.1 Å². The fourth-order valence-corrected chi connectivity index (χ4v) is 1.03. The van der Waals surface area contributed by atoms with Crippen molar-refractivity contribution in [1.29, 1.82) is 0 Å². The molecule has 1 aromatic rings. The second-order valence-corrected chi connectivity index (χ2v) is 2.54. The van der Waals surface area contributed by atoms with Gasteiger partial charge in [0, 0.05) is 43.3 Å². The molecule has 0 aliphatic rings. The minimum Gasteiger partial charge on any atom is -0.400 e. The van der Waals surface area contributed by atoms with Crippen molar-refractivity contribution in [2.45, 2.75) is 6.92 Å². The summed E-state index contributed by atoms with van der Waals surface area (Å²) in [5.74, 6) is 0. The first-order valence-electron chi connectivity index (χ1n) is 3.39. The van der Waals surface area contributed by atoms with Crippen LogP contribution in [0.5, 0.6) is 0 Å². The van der Waals surface area contributed by atoms with E-state index >= 15 is 0 Å². The van der Waals surface area contributed by atoms with E-state index in [2.05, 4.69) is 6.92 Å². The molecule has 0 aromatic heterocycles. The van der Waals surface area contributed by atoms with Gasteiger partial charge in [0.1, 0.15) is 0 Å². The van der Waals surface area contributed by atoms with Gasteiger partial charge in [-0.25, -0.2) is 0 Å². The second kappa shape index (κ2) is 5.99. The van der Waals surface area contributed by atoms with Gasteiger partial charge in [0.15, 0.2) is 5.69 Å². The van der Waals surface area contributed by atoms with E-state index < -0.39 is 4.92 Å². The van der Waals surface area contributed by atoms with Crippen LogP contribution in [0.25, 0.3) is 0 Å². The molecule has 0 saturated heterocycles. The second-order valence-electron chi connectivity index (χ2n) is 2.54. The molecule has 0 heterocycles. The average Bonchev–Trinajstić information content (AvgIpc) is 1.97. The maximum absolute atomic E-state index is 10.5. The molecule has 0 spiro atoms. The standard InChI is InChI=1S/C8H9N2O2.CH3.Y/c1-5-3-4-7(9)6(2)8(5)10(11)12;;/h3-4H,1,9H2,2H3;1H3;/q2*-1;. The minimum absolute atomic E-state index is 0. The topological polar surface area (TPSA) is 69.2 Å². The maximum Gasteiger partial charge on any atom is 0.175 e. The molecule has 1 rings (SSSR count). The average molecular weight is 269 g/mol. The molecular formula is C9H12N2O2Y-2. The first kappa shape index (κ1) is 15.8. The van der Waals surface area contributed by atoms with E-state index in [1.54, 1.807) is 19.1 Å². The van der Waals surface area contributed by atoms with E-state index in [0.29, 0.717) is 16.8 Å². The third kappa shape index (κ3) is 2.96. The maximum atomic E-state index is 10.5. The first-order chi connectivity index (χ1) is 5.54. The van der Waals surface area contributed by atoms with Crippen LogP contribution in [0.15, 0.2) is 12.1 Å². The summed E-state index contributed by atoms with van der Waals surface area (Å²) in [5, 5.41) is 10.5. The number of benzene rings is 1. The number of hydrogen-bond acceptors (Lipinski definition) is 3. The number of nitrogens with two attached hydrogens (primary N) is 1. The van der Waals surface area contributed by atoms with Crippen LogP contribution in [0.4, 0.5) is 11.4 Å². The Labute approximate surface area is 109 Å². The summed E-state index contributed by atoms with van der Waals surface area (Å²) in [6.07, 6.45) is 0. The summed E-state index contributed by atoms with van der Waals surface area (Å²) in [5.41, 5.74) is 6.80. The van der Waals surface area contributed by atoms with Gasteiger partial charge in [-0.3, -0.25) is 10.1 Å². The van der Waals surface area contributed by atoms with Gasteiger partial charge in [0.25, 0.3) is 0 Å². The Balaban J connectivity index is 0. The number of nitrogens with zero attached hydrogens (tertiary/aromatic N) is 1. The van der Waals surface area contributed by atoms with Crippen LogP contribution in [0, 0.1) is 31.4 Å². The predicted octanol–water partition coefficient (Wildman–Crippen LogP) is 2.12. The van der Waals surface area contributed by atoms with Gasteiger partial charge in [-0.15, -0.1) is 5.56 Å². The number of rotatable bonds is 1. The Kier molecular flexibility index (Phi) is 6.78. The zero-order valence-corrected chi connectivity index (χ0v) is 11.1. The van der Waals surface area contributed by atoms with E-state index in [-0.39, 0.29) is 45.8 Å². The smallest absolute Gasteiger partial charge is 0.175 e. The van der Waals surface area contributed by atoms with Crippen molar-refractivity contribution in [2.24, 2.45) is 0 Å². The molecule has 0 unspecified atom stereocenters. The fourth-order valence-electron chi connectivity index (χ4n) is 1.03. The van der Waals surface area contributed by atoms with Gasteiger partial charge in [-0.05, 0) is 12.5 Å². The predicted molar refractivity (Wildman–Crippen MR) is 53.1 cm³/mol. The van der Waals surface area contributed by atoms with Crippen molar-refractivity contribution < 1.29 is 37.6 Å². The zero-order chi connectivity index (χ0) is 9.30. The molecule has 0 saturated carbocycles. The van der Waals surface area contributed by atoms with Crippen molar-refractivity contribution in [3.63, 3.8) is 0 Å². The molecule has 14 heavy (non-hydrogen) atoms. The van der Waals surface area contributed by atoms with Crippen LogP contribution < -0.4 is 5.73 Å². The molecule has 1 aromatic carbocycles. The van der Waals surface area contributed by atoms with Crippen LogP contribution >= 0.6 is 0 Å². The Bertz CT molecular complexity index is 340. The molecule has 0 bridgehead atoms. The van der Waals surface area contributed by atoms with E-state index in [0.717, 1.165) is 0 Å². The van der Waals surface area contributed by atoms with E-state index in [9.17, 15) is 10.1 Å². The molecule has 0 amide bonds. The molecule has 1 radical (unpaired) electrons. The summed E-state index contributed by atoms with van der Waals surface area (Å²) in [4.78, 5) is 10.0. The van der Waals surface area contributed by atoms with Crippen molar-refractivity contribution in [3.8, 4) is 0 Å². The number of nitrogen functional groups attached to an aromatic ring is 1. The molecule has 5 heteroatoms. The molecule has 2 N–H and O–H groups in total. The molecule has 0 aliphatic heterocycles. The molecular weight excluding hydrogens is 257 g/mol. The van der Waals surface area contributed by atoms with Crippen molar-refractivity contribution in [3.05, 3.63) is 47.7 Å². The number of hydrogen-bond donors (Lipinski definition) is 1. The molecule has 75 valence electrons. The monoisotopic (exact) mass is 269 g/mol. The molecule has 4 nitrogen and oxygen atoms in total. The minimum atomic E-state index is -0.464. The normalized spacial score (nSPS) is 8.36. The van der Waals surface area contributed by atoms with Gasteiger partial charge in [0.05, 0.1) is 0 Å². The van der Waals surface area contributed by atoms with Crippen LogP contribution in [0.3, 0.4) is 0 Å². The van der Waals surface area contributed by atoms with E-state index in [1.165, 1.54) is 0 Å². The molecule has 0 aliphatic carbocycles. The zero-order valence-electron chi connectivity index (χ0n) is 8.28. The van der Waals surface area contributed by atoms with Crippen LogP contribution in [-0.4, -0.2) is 4.92 Å². The van der Waals surface area contributed by atoms with Gasteiger partial charge in [-0.2, -0.15) is 13.0 Å². The summed E-state index contributed by atoms with van der Waals surface area (Å²) >= 11 is 0. The summed E-state index contributed by atoms with van der Waals surface area (Å²) in [7, 11) is 0. The number of anilines is 1. The third-order valence-corrected chi connectivity index (χ3v) is 1.74. The SMILES string of the molecule is [CH2-]c1ccc(N)c(C)c1[N+](=O)[O-].[CH3-].[Y]. The Morgan fingerprint density at radius 1 is 1.50 bits per heavy atom. The van der Waals surface area contributed by atoms with Crippen molar-refractivity contribution in [1.82, 2.24) is 0 Å². The first-order valence-corrected chi connectivity index (χ1v) is 3.39. The van der Waals surface area contributed by atoms with E-state index in [4.69, 9.17) is 5.73 Å². The van der Waals surface area contributed by atoms with Gasteiger partial charge >= 0.3 is 0 Å². The Hall–Kier alpha value is -0.606. The Morgan fingerprint density at radius 3 is 2.36 bits per heavy atom. The van der Waals surface area contributed by atoms with E-state index in [1.807, 2.05) is 0 Å². The number of nitro benzene ring substituents is 1. The quantitative estimate of drug-likeness (QED) is 0.367. The third-order valence-electron chi connectivity index (χ3n) is 1.74. The summed E-state index contributed by atoms with van der Waals surface area (Å²) < 4.78 is 0. The number of nitro groups is 1. The summed E-state index contributed by atoms with van der Waals surface area (Å²) in [6.45, 7) is 5.16. The largest absolute Gasteiger partial charge is 0.400 e. The van der Waals surface area contributed by atoms with Gasteiger partial charge in [0.2, 0.25) is 0 Å². The molecule has 0 fully saturated rings. The summed E-state index contributed by atoms with van der Waals surface area (Å²) in [6, 6.07) is 3.16. The van der Waals surface area contributed by atoms with Crippen molar-refractivity contribution in [2.75, 3.05) is 5.73 Å². The van der Waals surface area contributed by atoms with Gasteiger partial charge < -0.3 is 13.2 Å². The van der Waals surface area contributed by atoms with Crippen LogP contribution in [-0.2, 0) is 32.7 Å². The fraction of sp³-hybridized carbons (Fsp3) is 0.111. The Morgan fingerprint density at radius 2 is 2.00 bits per heavy atom. The van der Waals surface area contributed by atoms with Gasteiger partial charge in [-0.1, -0.05) is 6.07 Å². The van der Waals surface area contributed by atoms with Crippen molar-refractivity contribution >= 4 is 11.4 Å².